The summed E-state index contributed by atoms with van der Waals surface area (Å²) in [4.78, 5) is 0. The van der Waals surface area contributed by atoms with Crippen LogP contribution in [0.15, 0.2) is 54.6 Å². The van der Waals surface area contributed by atoms with Gasteiger partial charge in [0.1, 0.15) is 5.75 Å². The second kappa shape index (κ2) is 6.49. The van der Waals surface area contributed by atoms with Crippen LogP contribution in [0.5, 0.6) is 5.75 Å². The summed E-state index contributed by atoms with van der Waals surface area (Å²) in [6.45, 7) is 1.88. The van der Waals surface area contributed by atoms with Gasteiger partial charge in [-0.15, -0.1) is 0 Å². The molecule has 0 unspecified atom stereocenters. The first-order valence-corrected chi connectivity index (χ1v) is 8.34. The van der Waals surface area contributed by atoms with Gasteiger partial charge in [-0.3, -0.25) is 0 Å². The van der Waals surface area contributed by atoms with E-state index in [-0.39, 0.29) is 0 Å². The van der Waals surface area contributed by atoms with E-state index in [9.17, 15) is 0 Å². The molecule has 0 amide bonds. The van der Waals surface area contributed by atoms with Crippen LogP contribution in [0, 0.1) is 0 Å². The van der Waals surface area contributed by atoms with Crippen molar-refractivity contribution in [2.75, 3.05) is 13.7 Å². The molecular weight excluding hydrogens is 298 g/mol. The van der Waals surface area contributed by atoms with Gasteiger partial charge in [0.2, 0.25) is 0 Å². The largest absolute Gasteiger partial charge is 0.496 e. The number of fused-ring (bicyclic) bond motifs is 1. The Morgan fingerprint density at radius 1 is 1.08 bits per heavy atom. The second-order valence-electron chi connectivity index (χ2n) is 6.03. The minimum absolute atomic E-state index is 0.786. The average Bonchev–Trinajstić information content (AvgIpc) is 3.02. The number of nitrogens with zero attached hydrogens (tertiary/aromatic N) is 2. The molecular formula is C20H21N3O. The van der Waals surface area contributed by atoms with Crippen molar-refractivity contribution in [2.24, 2.45) is 0 Å². The Balaban J connectivity index is 1.77. The Kier molecular flexibility index (Phi) is 4.05. The molecule has 1 aliphatic heterocycles. The van der Waals surface area contributed by atoms with Gasteiger partial charge in [-0.05, 0) is 18.2 Å². The Labute approximate surface area is 142 Å². The maximum atomic E-state index is 5.50. The first kappa shape index (κ1) is 15.0. The Morgan fingerprint density at radius 2 is 1.88 bits per heavy atom. The van der Waals surface area contributed by atoms with Crippen molar-refractivity contribution in [3.63, 3.8) is 0 Å². The molecule has 1 aromatic heterocycles. The van der Waals surface area contributed by atoms with E-state index >= 15 is 0 Å². The van der Waals surface area contributed by atoms with Crippen LogP contribution in [0.25, 0.3) is 5.69 Å². The Hall–Kier alpha value is -2.59. The molecule has 1 aliphatic rings. The Morgan fingerprint density at radius 3 is 2.71 bits per heavy atom. The minimum atomic E-state index is 0.786. The van der Waals surface area contributed by atoms with Crippen LogP contribution in [0.4, 0.5) is 0 Å². The maximum absolute atomic E-state index is 5.50. The summed E-state index contributed by atoms with van der Waals surface area (Å²) in [6.07, 6.45) is 1.79. The van der Waals surface area contributed by atoms with E-state index in [1.165, 1.54) is 16.8 Å². The van der Waals surface area contributed by atoms with E-state index in [1.807, 2.05) is 18.2 Å². The van der Waals surface area contributed by atoms with Crippen LogP contribution in [0.1, 0.15) is 22.5 Å². The van der Waals surface area contributed by atoms with Gasteiger partial charge < -0.3 is 10.1 Å². The van der Waals surface area contributed by atoms with Crippen molar-refractivity contribution in [3.8, 4) is 11.4 Å². The number of para-hydroxylation sites is 2. The molecule has 3 aromatic rings. The van der Waals surface area contributed by atoms with E-state index in [0.29, 0.717) is 0 Å². The fourth-order valence-electron chi connectivity index (χ4n) is 3.37. The molecule has 0 aliphatic carbocycles. The summed E-state index contributed by atoms with van der Waals surface area (Å²) in [5, 5.41) is 8.43. The van der Waals surface area contributed by atoms with Gasteiger partial charge in [-0.25, -0.2) is 4.68 Å². The number of hydrogen-bond acceptors (Lipinski definition) is 3. The summed E-state index contributed by atoms with van der Waals surface area (Å²) in [5.74, 6) is 0.921. The molecule has 4 rings (SSSR count). The lowest BCUT2D eigenvalue weighted by Gasteiger charge is -2.16. The lowest BCUT2D eigenvalue weighted by atomic mass is 10.0. The van der Waals surface area contributed by atoms with Gasteiger partial charge in [-0.2, -0.15) is 5.10 Å². The molecule has 0 spiro atoms. The molecule has 2 heterocycles. The van der Waals surface area contributed by atoms with Crippen molar-refractivity contribution >= 4 is 0 Å². The topological polar surface area (TPSA) is 39.1 Å². The van der Waals surface area contributed by atoms with E-state index in [1.54, 1.807) is 7.11 Å². The molecule has 0 saturated carbocycles. The number of hydrogen-bond donors (Lipinski definition) is 1. The zero-order chi connectivity index (χ0) is 16.4. The monoisotopic (exact) mass is 319 g/mol. The van der Waals surface area contributed by atoms with Crippen molar-refractivity contribution in [1.29, 1.82) is 0 Å². The molecule has 2 aromatic carbocycles. The highest BCUT2D eigenvalue weighted by atomic mass is 16.5. The highest BCUT2D eigenvalue weighted by molar-refractivity contribution is 5.42. The van der Waals surface area contributed by atoms with Crippen molar-refractivity contribution in [1.82, 2.24) is 15.1 Å². The normalized spacial score (nSPS) is 13.5. The summed E-state index contributed by atoms with van der Waals surface area (Å²) in [7, 11) is 1.72. The number of ether oxygens (including phenoxy) is 1. The highest BCUT2D eigenvalue weighted by Crippen LogP contribution is 2.27. The third kappa shape index (κ3) is 2.69. The number of nitrogens with one attached hydrogen (secondary N) is 1. The van der Waals surface area contributed by atoms with Crippen molar-refractivity contribution < 1.29 is 4.74 Å². The molecule has 4 heteroatoms. The van der Waals surface area contributed by atoms with Gasteiger partial charge >= 0.3 is 0 Å². The molecule has 0 atom stereocenters. The van der Waals surface area contributed by atoms with Crippen molar-refractivity contribution in [2.45, 2.75) is 19.4 Å². The predicted molar refractivity (Wildman–Crippen MR) is 94.8 cm³/mol. The van der Waals surface area contributed by atoms with Crippen LogP contribution in [-0.4, -0.2) is 23.4 Å². The van der Waals surface area contributed by atoms with Crippen LogP contribution in [-0.2, 0) is 19.4 Å². The first-order chi connectivity index (χ1) is 11.9. The smallest absolute Gasteiger partial charge is 0.122 e. The van der Waals surface area contributed by atoms with Gasteiger partial charge in [0.15, 0.2) is 0 Å². The van der Waals surface area contributed by atoms with Crippen LogP contribution >= 0.6 is 0 Å². The number of aromatic nitrogens is 2. The molecule has 24 heavy (non-hydrogen) atoms. The van der Waals surface area contributed by atoms with Crippen LogP contribution < -0.4 is 10.1 Å². The molecule has 0 radical (unpaired) electrons. The highest BCUT2D eigenvalue weighted by Gasteiger charge is 2.22. The zero-order valence-corrected chi connectivity index (χ0v) is 13.8. The van der Waals surface area contributed by atoms with Gasteiger partial charge in [0.05, 0.1) is 24.2 Å². The second-order valence-corrected chi connectivity index (χ2v) is 6.03. The standard InChI is InChI=1S/C20H21N3O/c1-24-20-10-6-5-7-15(20)13-18-17-14-21-12-11-19(17)23(22-18)16-8-3-2-4-9-16/h2-10,21H,11-14H2,1H3. The molecule has 0 bridgehead atoms. The third-order valence-electron chi connectivity index (χ3n) is 4.56. The van der Waals surface area contributed by atoms with Crippen LogP contribution in [0.2, 0.25) is 0 Å². The summed E-state index contributed by atoms with van der Waals surface area (Å²) in [5.41, 5.74) is 6.08. The molecule has 0 saturated heterocycles. The first-order valence-electron chi connectivity index (χ1n) is 8.34. The third-order valence-corrected chi connectivity index (χ3v) is 4.56. The van der Waals surface area contributed by atoms with Gasteiger partial charge in [-0.1, -0.05) is 36.4 Å². The molecule has 0 fully saturated rings. The molecule has 122 valence electrons. The average molecular weight is 319 g/mol. The summed E-state index contributed by atoms with van der Waals surface area (Å²) < 4.78 is 7.61. The number of rotatable bonds is 4. The van der Waals surface area contributed by atoms with Gasteiger partial charge in [0.25, 0.3) is 0 Å². The van der Waals surface area contributed by atoms with E-state index in [0.717, 1.165) is 43.1 Å². The zero-order valence-electron chi connectivity index (χ0n) is 13.8. The van der Waals surface area contributed by atoms with E-state index in [2.05, 4.69) is 46.4 Å². The summed E-state index contributed by atoms with van der Waals surface area (Å²) >= 11 is 0. The number of methoxy groups -OCH3 is 1. The predicted octanol–water partition coefficient (Wildman–Crippen LogP) is 3.12. The minimum Gasteiger partial charge on any atom is -0.496 e. The lowest BCUT2D eigenvalue weighted by Crippen LogP contribution is -2.25. The lowest BCUT2D eigenvalue weighted by molar-refractivity contribution is 0.410. The van der Waals surface area contributed by atoms with Gasteiger partial charge in [0, 0.05) is 37.1 Å². The van der Waals surface area contributed by atoms with E-state index < -0.39 is 0 Å². The van der Waals surface area contributed by atoms with E-state index in [4.69, 9.17) is 9.84 Å². The van der Waals surface area contributed by atoms with Crippen molar-refractivity contribution in [3.05, 3.63) is 77.1 Å². The molecule has 4 nitrogen and oxygen atoms in total. The summed E-state index contributed by atoms with van der Waals surface area (Å²) in [6, 6.07) is 18.6. The van der Waals surface area contributed by atoms with Crippen LogP contribution in [0.3, 0.4) is 0 Å². The fourth-order valence-corrected chi connectivity index (χ4v) is 3.37. The quantitative estimate of drug-likeness (QED) is 0.803. The molecule has 1 N–H and O–H groups in total. The number of benzene rings is 2. The Bertz CT molecular complexity index is 839. The SMILES string of the molecule is COc1ccccc1Cc1nn(-c2ccccc2)c2c1CNCC2. The maximum Gasteiger partial charge on any atom is 0.122 e. The fraction of sp³-hybridized carbons (Fsp3) is 0.250.